The number of hydrogen-bond acceptors (Lipinski definition) is 20. The van der Waals surface area contributed by atoms with Gasteiger partial charge in [-0.1, -0.05) is 27.7 Å². The summed E-state index contributed by atoms with van der Waals surface area (Å²) < 4.78 is 17.8. The van der Waals surface area contributed by atoms with Crippen molar-refractivity contribution >= 4 is 52.9 Å². The van der Waals surface area contributed by atoms with Gasteiger partial charge in [0.25, 0.3) is 0 Å². The molecule has 27 nitrogen and oxygen atoms in total. The second-order valence-corrected chi connectivity index (χ2v) is 17.6. The zero-order valence-corrected chi connectivity index (χ0v) is 40.2. The molecule has 0 aliphatic carbocycles. The van der Waals surface area contributed by atoms with Crippen LogP contribution in [0, 0.1) is 11.3 Å². The number of amides is 7. The Hall–Kier alpha value is -4.81. The number of Topliss-reactive ketones (excluding diaryl/α,β-unsaturated/α-hetero) is 2. The van der Waals surface area contributed by atoms with Crippen LogP contribution >= 0.6 is 0 Å². The molecule has 0 aliphatic rings. The van der Waals surface area contributed by atoms with Crippen molar-refractivity contribution in [1.82, 2.24) is 37.2 Å². The van der Waals surface area contributed by atoms with Crippen molar-refractivity contribution in [3.63, 3.8) is 0 Å². The first kappa shape index (κ1) is 63.2. The molecule has 0 aromatic heterocycles. The number of hydrogen-bond donors (Lipinski definition) is 16. The van der Waals surface area contributed by atoms with Crippen LogP contribution in [-0.4, -0.2) is 227 Å². The molecule has 0 aliphatic heterocycles. The normalized spacial score (nSPS) is 16.0. The van der Waals surface area contributed by atoms with Crippen LogP contribution in [0.3, 0.4) is 0 Å². The lowest BCUT2D eigenvalue weighted by Gasteiger charge is -2.27. The number of carbonyl (C=O) groups is 9. The van der Waals surface area contributed by atoms with Gasteiger partial charge in [0.2, 0.25) is 41.4 Å². The van der Waals surface area contributed by atoms with Gasteiger partial charge in [0, 0.05) is 52.3 Å². The maximum atomic E-state index is 13.5. The fourth-order valence-corrected chi connectivity index (χ4v) is 5.85. The van der Waals surface area contributed by atoms with Crippen molar-refractivity contribution in [2.24, 2.45) is 11.3 Å². The molecule has 0 saturated carbocycles. The first-order valence-corrected chi connectivity index (χ1v) is 22.7. The van der Waals surface area contributed by atoms with Gasteiger partial charge in [-0.05, 0) is 24.7 Å². The highest BCUT2D eigenvalue weighted by Crippen LogP contribution is 2.15. The van der Waals surface area contributed by atoms with Crippen LogP contribution in [0.4, 0.5) is 0 Å². The number of methoxy groups -OCH3 is 1. The summed E-state index contributed by atoms with van der Waals surface area (Å²) >= 11 is 0. The maximum Gasteiger partial charge on any atom is 0.242 e. The van der Waals surface area contributed by atoms with E-state index in [-0.39, 0.29) is 50.2 Å². The van der Waals surface area contributed by atoms with E-state index in [0.717, 1.165) is 0 Å². The van der Waals surface area contributed by atoms with Gasteiger partial charge in [-0.3, -0.25) is 43.2 Å². The van der Waals surface area contributed by atoms with E-state index in [1.165, 1.54) is 6.92 Å². The van der Waals surface area contributed by atoms with Crippen molar-refractivity contribution in [3.05, 3.63) is 0 Å². The Bertz CT molecular complexity index is 1680. The molecule has 0 aromatic carbocycles. The van der Waals surface area contributed by atoms with E-state index in [1.807, 2.05) is 20.8 Å². The summed E-state index contributed by atoms with van der Waals surface area (Å²) in [5.41, 5.74) is -0.0473. The van der Waals surface area contributed by atoms with Crippen LogP contribution in [0.1, 0.15) is 80.4 Å². The number of ether oxygens (including phenoxy) is 2. The molecule has 0 saturated heterocycles. The molecule has 0 fully saturated rings. The van der Waals surface area contributed by atoms with E-state index in [4.69, 9.17) is 16.0 Å². The molecular weight excluding hydrogens is 935 g/mol. The number of aliphatic hydroxyl groups excluding tert-OH is 9. The quantitative estimate of drug-likeness (QED) is 0.0256. The molecule has 27 heteroatoms. The van der Waals surface area contributed by atoms with Crippen molar-refractivity contribution in [2.45, 2.75) is 134 Å². The molecule has 7 amide bonds. The smallest absolute Gasteiger partial charge is 0.242 e. The van der Waals surface area contributed by atoms with Crippen molar-refractivity contribution in [1.29, 1.82) is 0 Å². The van der Waals surface area contributed by atoms with E-state index in [1.54, 1.807) is 0 Å². The molecule has 0 bridgehead atoms. The fourth-order valence-electron chi connectivity index (χ4n) is 5.85. The minimum atomic E-state index is -2.07. The summed E-state index contributed by atoms with van der Waals surface area (Å²) in [6.45, 7) is 3.51. The Kier molecular flexibility index (Phi) is 31.9. The molecule has 0 radical (unpaired) electrons. The van der Waals surface area contributed by atoms with Crippen molar-refractivity contribution < 1.29 is 100.0 Å². The monoisotopic (exact) mass is 1010 g/mol. The van der Waals surface area contributed by atoms with Crippen LogP contribution in [0.15, 0.2) is 0 Å². The highest BCUT2D eigenvalue weighted by molar-refractivity contribution is 5.94. The Morgan fingerprint density at radius 1 is 0.571 bits per heavy atom. The van der Waals surface area contributed by atoms with Crippen molar-refractivity contribution in [2.75, 3.05) is 72.8 Å². The molecule has 2 unspecified atom stereocenters. The highest BCUT2D eigenvalue weighted by Gasteiger charge is 2.33. The molecular formula is C43H77N7O20. The van der Waals surface area contributed by atoms with E-state index in [0.29, 0.717) is 6.61 Å². The first-order chi connectivity index (χ1) is 33.3. The molecule has 0 rings (SSSR count). The standard InChI is InChI=1S/C43H77N7O20/c1-6-28(54)37(63)38(64)29(55)10-8-25(52)7-9-27(42(68)49-17-30(56)39(65)40(66)31(57)21-51)50-41(67)24(22-69-5)15-26(53)16-45-34(60)19-47-36(62)20-48-35(61)18-46-32(58)11-13-44-33(59)12-14-70-23-43(2,3)4/h24,27-31,37-40,51,54-57,63-66H,6-23H2,1-5H3,(H,44,59)(H,45,60)(H,46,58)(H,47,62)(H,48,61)(H,49,68)(H,50,67)/t24?,27?,28-,29+,30+,31-,37-,38-,39-,40-/m1/s1/i5D. The number of ketones is 2. The average Bonchev–Trinajstić information content (AvgIpc) is 3.33. The van der Waals surface area contributed by atoms with Crippen molar-refractivity contribution in [3.8, 4) is 0 Å². The predicted octanol–water partition coefficient (Wildman–Crippen LogP) is -7.35. The Balaban J connectivity index is 5.27. The molecule has 16 N–H and O–H groups in total. The van der Waals surface area contributed by atoms with E-state index in [2.05, 4.69) is 37.2 Å². The van der Waals surface area contributed by atoms with Crippen LogP contribution in [0.5, 0.6) is 0 Å². The summed E-state index contributed by atoms with van der Waals surface area (Å²) in [4.78, 5) is 113. The maximum absolute atomic E-state index is 13.5. The van der Waals surface area contributed by atoms with Gasteiger partial charge in [-0.25, -0.2) is 0 Å². The van der Waals surface area contributed by atoms with Gasteiger partial charge in [0.15, 0.2) is 5.78 Å². The lowest BCUT2D eigenvalue weighted by Crippen LogP contribution is -2.53. The molecule has 0 spiro atoms. The summed E-state index contributed by atoms with van der Waals surface area (Å²) in [6.07, 6.45) is -16.6. The van der Waals surface area contributed by atoms with Gasteiger partial charge in [0.05, 0.1) is 78.2 Å². The second-order valence-electron chi connectivity index (χ2n) is 17.6. The van der Waals surface area contributed by atoms with Crippen LogP contribution in [0.25, 0.3) is 0 Å². The minimum Gasteiger partial charge on any atom is -0.394 e. The van der Waals surface area contributed by atoms with Crippen LogP contribution in [0.2, 0.25) is 0 Å². The summed E-state index contributed by atoms with van der Waals surface area (Å²) in [7, 11) is -0.663. The highest BCUT2D eigenvalue weighted by atomic mass is 16.5. The second kappa shape index (κ2) is 35.3. The van der Waals surface area contributed by atoms with Crippen LogP contribution in [-0.2, 0) is 52.6 Å². The average molecular weight is 1010 g/mol. The molecule has 70 heavy (non-hydrogen) atoms. The zero-order valence-electron chi connectivity index (χ0n) is 41.2. The van der Waals surface area contributed by atoms with Gasteiger partial charge in [-0.2, -0.15) is 0 Å². The Labute approximate surface area is 407 Å². The summed E-state index contributed by atoms with van der Waals surface area (Å²) in [5.74, 6) is -8.09. The minimum absolute atomic E-state index is 0.0199. The largest absolute Gasteiger partial charge is 0.394 e. The molecule has 0 aromatic rings. The Morgan fingerprint density at radius 3 is 1.64 bits per heavy atom. The predicted molar refractivity (Wildman–Crippen MR) is 243 cm³/mol. The fraction of sp³-hybridized carbons (Fsp3) is 0.791. The number of carbonyl (C=O) groups excluding carboxylic acids is 9. The number of nitrogens with one attached hydrogen (secondary N) is 7. The molecule has 404 valence electrons. The summed E-state index contributed by atoms with van der Waals surface area (Å²) in [6, 6.07) is -1.61. The van der Waals surface area contributed by atoms with Gasteiger partial charge in [0.1, 0.15) is 42.3 Å². The van der Waals surface area contributed by atoms with E-state index in [9.17, 15) is 84.0 Å². The number of aliphatic hydroxyl groups is 9. The van der Waals surface area contributed by atoms with Gasteiger partial charge >= 0.3 is 0 Å². The lowest BCUT2D eigenvalue weighted by molar-refractivity contribution is -0.135. The topological polar surface area (TPSA) is 438 Å². The van der Waals surface area contributed by atoms with Crippen LogP contribution < -0.4 is 37.2 Å². The van der Waals surface area contributed by atoms with E-state index >= 15 is 0 Å². The Morgan fingerprint density at radius 2 is 1.09 bits per heavy atom. The number of rotatable bonds is 38. The van der Waals surface area contributed by atoms with E-state index < -0.39 is 187 Å². The van der Waals surface area contributed by atoms with Gasteiger partial charge < -0.3 is 92.6 Å². The van der Waals surface area contributed by atoms with Gasteiger partial charge in [-0.15, -0.1) is 0 Å². The first-order valence-electron chi connectivity index (χ1n) is 23.4. The summed E-state index contributed by atoms with van der Waals surface area (Å²) in [5, 5.41) is 105. The third kappa shape index (κ3) is 29.4. The SMILES string of the molecule is [2H]COCC(CC(=O)CNC(=O)CNC(=O)CNC(=O)CNC(=O)CCNC(=O)CCOCC(C)(C)C)C(=O)NC(CCC(=O)CC[C@H](O)[C@@H](O)[C@H](O)[C@H](O)CC)C(=O)NC[C@H](O)[C@@H](O)[C@H](O)[C@H](O)CO. The molecule has 0 heterocycles. The lowest BCUT2D eigenvalue weighted by atomic mass is 9.96. The zero-order chi connectivity index (χ0) is 54.3. The third-order valence-corrected chi connectivity index (χ3v) is 10.1. The molecule has 10 atom stereocenters. The third-order valence-electron chi connectivity index (χ3n) is 10.1.